The van der Waals surface area contributed by atoms with E-state index >= 15 is 0 Å². The molecule has 1 heteroatoms. The van der Waals surface area contributed by atoms with Crippen molar-refractivity contribution < 1.29 is 4.48 Å². The van der Waals surface area contributed by atoms with Gasteiger partial charge < -0.3 is 0 Å². The molecule has 1 nitrogen and oxygen atoms in total. The van der Waals surface area contributed by atoms with Crippen molar-refractivity contribution in [2.75, 3.05) is 13.6 Å². The Kier molecular flexibility index (Phi) is 4.43. The lowest BCUT2D eigenvalue weighted by atomic mass is 10.2. The molecular formula is C10H22N+. The molecule has 0 aromatic heterocycles. The second-order valence-corrected chi connectivity index (χ2v) is 3.55. The molecule has 0 bridgehead atoms. The lowest BCUT2D eigenvalue weighted by Crippen LogP contribution is -2.44. The van der Waals surface area contributed by atoms with Crippen molar-refractivity contribution in [2.45, 2.75) is 40.2 Å². The molecular weight excluding hydrogens is 134 g/mol. The summed E-state index contributed by atoms with van der Waals surface area (Å²) in [5.74, 6) is 0. The van der Waals surface area contributed by atoms with E-state index in [0.29, 0.717) is 6.04 Å². The quantitative estimate of drug-likeness (QED) is 0.549. The molecule has 0 spiro atoms. The standard InChI is InChI=1S/C10H22N/c1-6-8-9-11(5,7-2)10(3)4/h8-10H,6-7H2,1-5H3/q+1. The predicted octanol–water partition coefficient (Wildman–Crippen LogP) is 2.79. The van der Waals surface area contributed by atoms with Crippen molar-refractivity contribution in [3.8, 4) is 0 Å². The summed E-state index contributed by atoms with van der Waals surface area (Å²) in [6, 6.07) is 0.683. The minimum Gasteiger partial charge on any atom is -0.298 e. The second kappa shape index (κ2) is 4.55. The van der Waals surface area contributed by atoms with Crippen LogP contribution in [0.25, 0.3) is 0 Å². The van der Waals surface area contributed by atoms with Crippen LogP contribution in [0.15, 0.2) is 12.3 Å². The van der Waals surface area contributed by atoms with Gasteiger partial charge in [-0.15, -0.1) is 0 Å². The summed E-state index contributed by atoms with van der Waals surface area (Å²) in [4.78, 5) is 0. The van der Waals surface area contributed by atoms with Gasteiger partial charge >= 0.3 is 0 Å². The van der Waals surface area contributed by atoms with E-state index < -0.39 is 0 Å². The lowest BCUT2D eigenvalue weighted by molar-refractivity contribution is -0.879. The van der Waals surface area contributed by atoms with E-state index in [9.17, 15) is 0 Å². The first-order valence-electron chi connectivity index (χ1n) is 4.59. The summed E-state index contributed by atoms with van der Waals surface area (Å²) < 4.78 is 1.05. The van der Waals surface area contributed by atoms with Gasteiger partial charge in [0.25, 0.3) is 0 Å². The third kappa shape index (κ3) is 3.06. The van der Waals surface area contributed by atoms with Gasteiger partial charge in [-0.3, -0.25) is 4.48 Å². The van der Waals surface area contributed by atoms with E-state index in [4.69, 9.17) is 0 Å². The van der Waals surface area contributed by atoms with Gasteiger partial charge in [-0.25, -0.2) is 0 Å². The number of hydrogen-bond acceptors (Lipinski definition) is 0. The highest BCUT2D eigenvalue weighted by molar-refractivity contribution is 4.72. The van der Waals surface area contributed by atoms with Crippen molar-refractivity contribution in [1.29, 1.82) is 0 Å². The summed E-state index contributed by atoms with van der Waals surface area (Å²) >= 11 is 0. The van der Waals surface area contributed by atoms with Crippen LogP contribution < -0.4 is 0 Å². The molecule has 0 heterocycles. The molecule has 0 aliphatic heterocycles. The molecule has 0 N–H and O–H groups in total. The second-order valence-electron chi connectivity index (χ2n) is 3.55. The van der Waals surface area contributed by atoms with E-state index in [1.807, 2.05) is 0 Å². The van der Waals surface area contributed by atoms with Gasteiger partial charge in [0.1, 0.15) is 0 Å². The molecule has 0 aliphatic carbocycles. The minimum atomic E-state index is 0.683. The van der Waals surface area contributed by atoms with Crippen molar-refractivity contribution in [2.24, 2.45) is 0 Å². The average Bonchev–Trinajstić information content (AvgIpc) is 2.00. The minimum absolute atomic E-state index is 0.683. The fraction of sp³-hybridized carbons (Fsp3) is 0.800. The normalized spacial score (nSPS) is 17.6. The van der Waals surface area contributed by atoms with Crippen LogP contribution in [0.5, 0.6) is 0 Å². The van der Waals surface area contributed by atoms with Gasteiger partial charge in [0.15, 0.2) is 0 Å². The molecule has 0 aromatic rings. The zero-order chi connectivity index (χ0) is 8.91. The summed E-state index contributed by atoms with van der Waals surface area (Å²) in [6.45, 7) is 10.1. The van der Waals surface area contributed by atoms with Gasteiger partial charge in [-0.2, -0.15) is 0 Å². The van der Waals surface area contributed by atoms with Gasteiger partial charge in [0.2, 0.25) is 0 Å². The van der Waals surface area contributed by atoms with Crippen LogP contribution in [0, 0.1) is 0 Å². The van der Waals surface area contributed by atoms with Gasteiger partial charge in [-0.05, 0) is 33.3 Å². The Hall–Kier alpha value is -0.300. The zero-order valence-corrected chi connectivity index (χ0v) is 8.59. The fourth-order valence-electron chi connectivity index (χ4n) is 0.989. The van der Waals surface area contributed by atoms with E-state index in [-0.39, 0.29) is 0 Å². The smallest absolute Gasteiger partial charge is 0.0917 e. The predicted molar refractivity (Wildman–Crippen MR) is 51.3 cm³/mol. The number of nitrogens with zero attached hydrogens (tertiary/aromatic N) is 1. The number of hydrogen-bond donors (Lipinski definition) is 0. The van der Waals surface area contributed by atoms with Crippen LogP contribution in [0.4, 0.5) is 0 Å². The van der Waals surface area contributed by atoms with Crippen LogP contribution in [-0.2, 0) is 0 Å². The zero-order valence-electron chi connectivity index (χ0n) is 8.59. The lowest BCUT2D eigenvalue weighted by Gasteiger charge is -2.33. The first kappa shape index (κ1) is 10.7. The first-order valence-corrected chi connectivity index (χ1v) is 4.59. The molecule has 0 radical (unpaired) electrons. The third-order valence-corrected chi connectivity index (χ3v) is 2.54. The molecule has 0 aliphatic rings. The Bertz CT molecular complexity index is 127. The summed E-state index contributed by atoms with van der Waals surface area (Å²) in [7, 11) is 2.27. The van der Waals surface area contributed by atoms with Gasteiger partial charge in [-0.1, -0.05) is 6.92 Å². The van der Waals surface area contributed by atoms with E-state index in [0.717, 1.165) is 10.9 Å². The molecule has 0 aromatic carbocycles. The average molecular weight is 156 g/mol. The van der Waals surface area contributed by atoms with Gasteiger partial charge in [0, 0.05) is 0 Å². The Labute approximate surface area is 71.3 Å². The first-order chi connectivity index (χ1) is 5.06. The molecule has 1 atom stereocenters. The van der Waals surface area contributed by atoms with Crippen LogP contribution in [0.2, 0.25) is 0 Å². The third-order valence-electron chi connectivity index (χ3n) is 2.54. The summed E-state index contributed by atoms with van der Waals surface area (Å²) in [5.41, 5.74) is 0. The highest BCUT2D eigenvalue weighted by atomic mass is 15.3. The largest absolute Gasteiger partial charge is 0.298 e. The Morgan fingerprint density at radius 2 is 1.82 bits per heavy atom. The number of quaternary nitrogens is 1. The molecule has 0 saturated heterocycles. The fourth-order valence-corrected chi connectivity index (χ4v) is 0.989. The van der Waals surface area contributed by atoms with Crippen LogP contribution >= 0.6 is 0 Å². The van der Waals surface area contributed by atoms with E-state index in [1.54, 1.807) is 0 Å². The molecule has 0 rings (SSSR count). The Morgan fingerprint density at radius 3 is 2.09 bits per heavy atom. The van der Waals surface area contributed by atoms with Gasteiger partial charge in [0.05, 0.1) is 25.8 Å². The Morgan fingerprint density at radius 1 is 1.27 bits per heavy atom. The molecule has 0 fully saturated rings. The molecule has 1 unspecified atom stereocenters. The maximum Gasteiger partial charge on any atom is 0.0917 e. The van der Waals surface area contributed by atoms with E-state index in [1.165, 1.54) is 6.54 Å². The summed E-state index contributed by atoms with van der Waals surface area (Å²) in [5, 5.41) is 0. The van der Waals surface area contributed by atoms with E-state index in [2.05, 4.69) is 47.0 Å². The van der Waals surface area contributed by atoms with Crippen LogP contribution in [-0.4, -0.2) is 24.1 Å². The Balaban J connectivity index is 4.21. The molecule has 66 valence electrons. The number of allylic oxidation sites excluding steroid dienone is 1. The molecule has 0 amide bonds. The maximum atomic E-state index is 2.31. The highest BCUT2D eigenvalue weighted by Crippen LogP contribution is 2.10. The van der Waals surface area contributed by atoms with Crippen LogP contribution in [0.1, 0.15) is 34.1 Å². The van der Waals surface area contributed by atoms with Crippen molar-refractivity contribution in [3.05, 3.63) is 12.3 Å². The molecule has 11 heavy (non-hydrogen) atoms. The topological polar surface area (TPSA) is 0 Å². The SMILES string of the molecule is CCC=C[N+](C)(CC)C(C)C. The maximum absolute atomic E-state index is 2.31. The van der Waals surface area contributed by atoms with Crippen molar-refractivity contribution in [1.82, 2.24) is 0 Å². The van der Waals surface area contributed by atoms with Crippen molar-refractivity contribution in [3.63, 3.8) is 0 Å². The summed E-state index contributed by atoms with van der Waals surface area (Å²) in [6.07, 6.45) is 5.70. The molecule has 0 saturated carbocycles. The highest BCUT2D eigenvalue weighted by Gasteiger charge is 2.19. The monoisotopic (exact) mass is 156 g/mol. The van der Waals surface area contributed by atoms with Crippen molar-refractivity contribution >= 4 is 0 Å². The number of rotatable bonds is 4. The van der Waals surface area contributed by atoms with Crippen LogP contribution in [0.3, 0.4) is 0 Å².